The third kappa shape index (κ3) is 3.12. The summed E-state index contributed by atoms with van der Waals surface area (Å²) in [7, 11) is -3.91. The minimum atomic E-state index is -3.91. The first-order chi connectivity index (χ1) is 9.01. The maximum Gasteiger partial charge on any atom is 0.339 e. The smallest absolute Gasteiger partial charge is 0.339 e. The number of nitriles is 1. The summed E-state index contributed by atoms with van der Waals surface area (Å²) in [5.74, 6) is 0.243. The first-order valence-corrected chi connectivity index (χ1v) is 6.93. The third-order valence-corrected chi connectivity index (χ3v) is 3.72. The SMILES string of the molecule is Cc1ccc(OS(=O)(=O)c2cccc(C#N)c2)cc1. The fraction of sp³-hybridized carbons (Fsp3) is 0.0714. The maximum atomic E-state index is 12.0. The fourth-order valence-electron chi connectivity index (χ4n) is 1.49. The van der Waals surface area contributed by atoms with Crippen LogP contribution in [-0.2, 0) is 10.1 Å². The van der Waals surface area contributed by atoms with Crippen molar-refractivity contribution in [2.45, 2.75) is 11.8 Å². The van der Waals surface area contributed by atoms with E-state index in [1.54, 1.807) is 24.3 Å². The van der Waals surface area contributed by atoms with Crippen LogP contribution in [0.15, 0.2) is 53.4 Å². The highest BCUT2D eigenvalue weighted by Gasteiger charge is 2.16. The lowest BCUT2D eigenvalue weighted by Crippen LogP contribution is -2.09. The minimum absolute atomic E-state index is 0.0351. The topological polar surface area (TPSA) is 67.2 Å². The Balaban J connectivity index is 2.32. The van der Waals surface area contributed by atoms with Crippen LogP contribution in [0.25, 0.3) is 0 Å². The van der Waals surface area contributed by atoms with Gasteiger partial charge in [0.25, 0.3) is 0 Å². The van der Waals surface area contributed by atoms with Crippen LogP contribution >= 0.6 is 0 Å². The molecule has 0 saturated heterocycles. The highest BCUT2D eigenvalue weighted by atomic mass is 32.2. The zero-order valence-electron chi connectivity index (χ0n) is 10.2. The van der Waals surface area contributed by atoms with Crippen molar-refractivity contribution in [3.63, 3.8) is 0 Å². The molecule has 0 aliphatic rings. The average Bonchev–Trinajstić information content (AvgIpc) is 2.41. The predicted octanol–water partition coefficient (Wildman–Crippen LogP) is 2.63. The molecule has 0 spiro atoms. The van der Waals surface area contributed by atoms with Gasteiger partial charge >= 0.3 is 10.1 Å². The van der Waals surface area contributed by atoms with E-state index in [9.17, 15) is 8.42 Å². The molecule has 0 saturated carbocycles. The van der Waals surface area contributed by atoms with Crippen LogP contribution in [0.2, 0.25) is 0 Å². The van der Waals surface area contributed by atoms with Crippen LogP contribution in [0, 0.1) is 18.3 Å². The second-order valence-corrected chi connectivity index (χ2v) is 5.54. The van der Waals surface area contributed by atoms with Gasteiger partial charge in [0.15, 0.2) is 0 Å². The molecule has 0 aromatic heterocycles. The molecule has 0 aliphatic heterocycles. The van der Waals surface area contributed by atoms with Gasteiger partial charge in [-0.15, -0.1) is 0 Å². The summed E-state index contributed by atoms with van der Waals surface area (Å²) in [4.78, 5) is -0.0351. The number of rotatable bonds is 3. The molecule has 0 atom stereocenters. The minimum Gasteiger partial charge on any atom is -0.379 e. The van der Waals surface area contributed by atoms with Crippen molar-refractivity contribution in [1.82, 2.24) is 0 Å². The number of hydrogen-bond acceptors (Lipinski definition) is 4. The van der Waals surface area contributed by atoms with Gasteiger partial charge in [0.1, 0.15) is 10.6 Å². The highest BCUT2D eigenvalue weighted by Crippen LogP contribution is 2.19. The van der Waals surface area contributed by atoms with Crippen molar-refractivity contribution in [3.8, 4) is 11.8 Å². The summed E-state index contributed by atoms with van der Waals surface area (Å²) < 4.78 is 29.1. The Morgan fingerprint density at radius 2 is 1.79 bits per heavy atom. The molecule has 0 fully saturated rings. The van der Waals surface area contributed by atoms with E-state index in [4.69, 9.17) is 9.44 Å². The molecule has 5 heteroatoms. The monoisotopic (exact) mass is 273 g/mol. The van der Waals surface area contributed by atoms with Crippen molar-refractivity contribution in [2.75, 3.05) is 0 Å². The highest BCUT2D eigenvalue weighted by molar-refractivity contribution is 7.87. The lowest BCUT2D eigenvalue weighted by Gasteiger charge is -2.07. The van der Waals surface area contributed by atoms with Gasteiger partial charge in [-0.25, -0.2) is 0 Å². The first kappa shape index (κ1) is 13.1. The van der Waals surface area contributed by atoms with Crippen LogP contribution in [0.4, 0.5) is 0 Å². The molecule has 0 bridgehead atoms. The van der Waals surface area contributed by atoms with E-state index in [1.165, 1.54) is 24.3 Å². The average molecular weight is 273 g/mol. The van der Waals surface area contributed by atoms with E-state index in [2.05, 4.69) is 0 Å². The third-order valence-electron chi connectivity index (χ3n) is 2.48. The van der Waals surface area contributed by atoms with Crippen LogP contribution in [0.3, 0.4) is 0 Å². The van der Waals surface area contributed by atoms with Gasteiger partial charge in [-0.05, 0) is 37.3 Å². The Hall–Kier alpha value is -2.32. The quantitative estimate of drug-likeness (QED) is 0.806. The van der Waals surface area contributed by atoms with Crippen LogP contribution in [0.1, 0.15) is 11.1 Å². The predicted molar refractivity (Wildman–Crippen MR) is 70.1 cm³/mol. The van der Waals surface area contributed by atoms with Gasteiger partial charge in [0.2, 0.25) is 0 Å². The molecular weight excluding hydrogens is 262 g/mol. The summed E-state index contributed by atoms with van der Waals surface area (Å²) in [6.07, 6.45) is 0. The van der Waals surface area contributed by atoms with Gasteiger partial charge in [-0.3, -0.25) is 0 Å². The molecule has 4 nitrogen and oxygen atoms in total. The summed E-state index contributed by atoms with van der Waals surface area (Å²) in [6, 6.07) is 14.3. The lowest BCUT2D eigenvalue weighted by molar-refractivity contribution is 0.486. The molecule has 96 valence electrons. The lowest BCUT2D eigenvalue weighted by atomic mass is 10.2. The fourth-order valence-corrected chi connectivity index (χ4v) is 2.47. The van der Waals surface area contributed by atoms with E-state index in [-0.39, 0.29) is 16.2 Å². The Morgan fingerprint density at radius 1 is 1.11 bits per heavy atom. The molecule has 0 unspecified atom stereocenters. The van der Waals surface area contributed by atoms with Crippen LogP contribution in [0.5, 0.6) is 5.75 Å². The summed E-state index contributed by atoms with van der Waals surface area (Å²) in [5.41, 5.74) is 1.28. The van der Waals surface area contributed by atoms with Crippen LogP contribution < -0.4 is 4.18 Å². The second-order valence-electron chi connectivity index (χ2n) is 3.99. The molecule has 2 aromatic carbocycles. The standard InChI is InChI=1S/C14H11NO3S/c1-11-5-7-13(8-6-11)18-19(16,17)14-4-2-3-12(9-14)10-15/h2-9H,1H3. The summed E-state index contributed by atoms with van der Waals surface area (Å²) in [5, 5.41) is 8.76. The van der Waals surface area contributed by atoms with Gasteiger partial charge < -0.3 is 4.18 Å². The van der Waals surface area contributed by atoms with E-state index < -0.39 is 10.1 Å². The molecular formula is C14H11NO3S. The number of nitrogens with zero attached hydrogens (tertiary/aromatic N) is 1. The van der Waals surface area contributed by atoms with Crippen molar-refractivity contribution >= 4 is 10.1 Å². The zero-order chi connectivity index (χ0) is 13.9. The Bertz CT molecular complexity index is 728. The van der Waals surface area contributed by atoms with Crippen molar-refractivity contribution in [1.29, 1.82) is 5.26 Å². The Labute approximate surface area is 112 Å². The first-order valence-electron chi connectivity index (χ1n) is 5.52. The zero-order valence-corrected chi connectivity index (χ0v) is 11.0. The van der Waals surface area contributed by atoms with Gasteiger partial charge in [0.05, 0.1) is 11.6 Å². The Morgan fingerprint density at radius 3 is 2.42 bits per heavy atom. The number of aryl methyl sites for hydroxylation is 1. The molecule has 0 amide bonds. The van der Waals surface area contributed by atoms with Crippen molar-refractivity contribution in [2.24, 2.45) is 0 Å². The molecule has 2 aromatic rings. The molecule has 2 rings (SSSR count). The Kier molecular flexibility index (Phi) is 3.54. The molecule has 0 heterocycles. The molecule has 0 aliphatic carbocycles. The number of hydrogen-bond donors (Lipinski definition) is 0. The van der Waals surface area contributed by atoms with Crippen molar-refractivity contribution in [3.05, 3.63) is 59.7 Å². The van der Waals surface area contributed by atoms with E-state index in [0.717, 1.165) is 5.56 Å². The second kappa shape index (κ2) is 5.12. The molecule has 0 radical (unpaired) electrons. The van der Waals surface area contributed by atoms with Crippen LogP contribution in [-0.4, -0.2) is 8.42 Å². The number of benzene rings is 2. The maximum absolute atomic E-state index is 12.0. The summed E-state index contributed by atoms with van der Waals surface area (Å²) in [6.45, 7) is 1.90. The van der Waals surface area contributed by atoms with E-state index in [1.807, 2.05) is 13.0 Å². The van der Waals surface area contributed by atoms with Gasteiger partial charge in [-0.1, -0.05) is 23.8 Å². The van der Waals surface area contributed by atoms with Crippen molar-refractivity contribution < 1.29 is 12.6 Å². The van der Waals surface area contributed by atoms with E-state index in [0.29, 0.717) is 0 Å². The van der Waals surface area contributed by atoms with Gasteiger partial charge in [-0.2, -0.15) is 13.7 Å². The summed E-state index contributed by atoms with van der Waals surface area (Å²) >= 11 is 0. The molecule has 19 heavy (non-hydrogen) atoms. The molecule has 0 N–H and O–H groups in total. The normalized spacial score (nSPS) is 10.7. The van der Waals surface area contributed by atoms with E-state index >= 15 is 0 Å². The van der Waals surface area contributed by atoms with Gasteiger partial charge in [0, 0.05) is 0 Å². The largest absolute Gasteiger partial charge is 0.379 e.